The van der Waals surface area contributed by atoms with Crippen molar-refractivity contribution in [2.75, 3.05) is 33.7 Å². The molecule has 0 spiro atoms. The van der Waals surface area contributed by atoms with Gasteiger partial charge in [0.05, 0.1) is 0 Å². The molecular weight excluding hydrogens is 288 g/mol. The number of rotatable bonds is 8. The van der Waals surface area contributed by atoms with E-state index < -0.39 is 5.92 Å². The fourth-order valence-electron chi connectivity index (χ4n) is 1.95. The number of nitrogens with one attached hydrogen (secondary N) is 1. The molecule has 1 aliphatic rings. The van der Waals surface area contributed by atoms with Crippen molar-refractivity contribution in [3.05, 3.63) is 0 Å². The van der Waals surface area contributed by atoms with Gasteiger partial charge in [0.1, 0.15) is 0 Å². The predicted octanol–water partition coefficient (Wildman–Crippen LogP) is 0.669. The van der Waals surface area contributed by atoms with Crippen LogP contribution >= 0.6 is 12.2 Å². The van der Waals surface area contributed by atoms with Gasteiger partial charge in [-0.1, -0.05) is 13.3 Å². The van der Waals surface area contributed by atoms with Crippen molar-refractivity contribution in [3.63, 3.8) is 0 Å². The number of unbranched alkanes of at least 4 members (excludes halogenated alkanes) is 1. The first kappa shape index (κ1) is 17.7. The average Bonchev–Trinajstić information content (AvgIpc) is 2.41. The van der Waals surface area contributed by atoms with E-state index in [1.54, 1.807) is 0 Å². The summed E-state index contributed by atoms with van der Waals surface area (Å²) in [6.07, 6.45) is 4.16. The van der Waals surface area contributed by atoms with Crippen molar-refractivity contribution >= 4 is 35.4 Å². The highest BCUT2D eigenvalue weighted by Gasteiger charge is 2.36. The third kappa shape index (κ3) is 5.51. The molecule has 2 amide bonds. The standard InChI is InChI=1S/C14H24N4O2S/c1-4-5-9-18-13(20)11(12(19)16-14(18)21)10-15-7-6-8-17(2)3/h10-11H,4-9H2,1-3H3,(H,16,19,21)/t11-/m1/s1. The summed E-state index contributed by atoms with van der Waals surface area (Å²) >= 11 is 5.05. The van der Waals surface area contributed by atoms with E-state index in [-0.39, 0.29) is 16.9 Å². The molecule has 21 heavy (non-hydrogen) atoms. The summed E-state index contributed by atoms with van der Waals surface area (Å²) in [6, 6.07) is 0. The maximum absolute atomic E-state index is 12.3. The minimum atomic E-state index is -0.854. The highest BCUT2D eigenvalue weighted by Crippen LogP contribution is 2.10. The molecule has 6 nitrogen and oxygen atoms in total. The average molecular weight is 312 g/mol. The Kier molecular flexibility index (Phi) is 7.45. The number of aliphatic imine (C=N–C) groups is 1. The number of amides is 2. The Bertz CT molecular complexity index is 423. The summed E-state index contributed by atoms with van der Waals surface area (Å²) in [5.41, 5.74) is 0. The third-order valence-electron chi connectivity index (χ3n) is 3.17. The molecule has 1 N–H and O–H groups in total. The Morgan fingerprint density at radius 2 is 2.10 bits per heavy atom. The number of thiocarbonyl (C=S) groups is 1. The van der Waals surface area contributed by atoms with Crippen molar-refractivity contribution in [1.29, 1.82) is 0 Å². The van der Waals surface area contributed by atoms with E-state index in [0.29, 0.717) is 13.1 Å². The quantitative estimate of drug-likeness (QED) is 0.310. The van der Waals surface area contributed by atoms with Crippen LogP contribution < -0.4 is 5.32 Å². The number of nitrogens with zero attached hydrogens (tertiary/aromatic N) is 3. The second-order valence-corrected chi connectivity index (χ2v) is 5.71. The van der Waals surface area contributed by atoms with Crippen LogP contribution in [0.15, 0.2) is 4.99 Å². The zero-order valence-electron chi connectivity index (χ0n) is 13.0. The number of carbonyl (C=O) groups excluding carboxylic acids is 2. The summed E-state index contributed by atoms with van der Waals surface area (Å²) in [5, 5.41) is 2.78. The zero-order chi connectivity index (χ0) is 15.8. The Hall–Kier alpha value is -1.34. The number of hydrogen-bond acceptors (Lipinski definition) is 5. The van der Waals surface area contributed by atoms with E-state index in [4.69, 9.17) is 12.2 Å². The molecule has 0 radical (unpaired) electrons. The van der Waals surface area contributed by atoms with Crippen LogP contribution in [0.3, 0.4) is 0 Å². The second kappa shape index (κ2) is 8.84. The second-order valence-electron chi connectivity index (χ2n) is 5.33. The molecule has 0 bridgehead atoms. The normalized spacial score (nSPS) is 19.7. The third-order valence-corrected chi connectivity index (χ3v) is 3.49. The van der Waals surface area contributed by atoms with E-state index in [2.05, 4.69) is 15.2 Å². The summed E-state index contributed by atoms with van der Waals surface area (Å²) in [4.78, 5) is 31.9. The molecule has 7 heteroatoms. The minimum absolute atomic E-state index is 0.204. The summed E-state index contributed by atoms with van der Waals surface area (Å²) in [7, 11) is 3.99. The topological polar surface area (TPSA) is 65.0 Å². The lowest BCUT2D eigenvalue weighted by Gasteiger charge is -2.30. The first-order chi connectivity index (χ1) is 9.97. The van der Waals surface area contributed by atoms with Crippen LogP contribution in [0.4, 0.5) is 0 Å². The number of carbonyl (C=O) groups is 2. The molecule has 1 aliphatic heterocycles. The molecule has 0 aromatic carbocycles. The smallest absolute Gasteiger partial charge is 0.246 e. The van der Waals surface area contributed by atoms with Gasteiger partial charge >= 0.3 is 0 Å². The van der Waals surface area contributed by atoms with Gasteiger partial charge in [-0.05, 0) is 45.7 Å². The molecule has 0 aromatic heterocycles. The van der Waals surface area contributed by atoms with Gasteiger partial charge in [-0.3, -0.25) is 19.5 Å². The van der Waals surface area contributed by atoms with E-state index >= 15 is 0 Å². The summed E-state index contributed by atoms with van der Waals surface area (Å²) in [6.45, 7) is 4.11. The van der Waals surface area contributed by atoms with Crippen LogP contribution in [0.2, 0.25) is 0 Å². The molecule has 1 fully saturated rings. The van der Waals surface area contributed by atoms with Gasteiger partial charge in [0, 0.05) is 19.3 Å². The molecule has 0 unspecified atom stereocenters. The molecular formula is C14H24N4O2S. The molecule has 0 aliphatic carbocycles. The fraction of sp³-hybridized carbons (Fsp3) is 0.714. The zero-order valence-corrected chi connectivity index (χ0v) is 13.8. The van der Waals surface area contributed by atoms with Gasteiger partial charge in [0.2, 0.25) is 11.8 Å². The van der Waals surface area contributed by atoms with Gasteiger partial charge in [0.25, 0.3) is 0 Å². The Labute approximate surface area is 131 Å². The van der Waals surface area contributed by atoms with Crippen LogP contribution in [-0.2, 0) is 9.59 Å². The van der Waals surface area contributed by atoms with E-state index in [1.807, 2.05) is 21.0 Å². The van der Waals surface area contributed by atoms with Crippen molar-refractivity contribution in [1.82, 2.24) is 15.1 Å². The predicted molar refractivity (Wildman–Crippen MR) is 87.4 cm³/mol. The van der Waals surface area contributed by atoms with Gasteiger partial charge in [-0.2, -0.15) is 0 Å². The van der Waals surface area contributed by atoms with E-state index in [0.717, 1.165) is 25.8 Å². The highest BCUT2D eigenvalue weighted by atomic mass is 32.1. The van der Waals surface area contributed by atoms with Gasteiger partial charge in [-0.25, -0.2) is 0 Å². The molecule has 1 heterocycles. The Morgan fingerprint density at radius 1 is 1.38 bits per heavy atom. The van der Waals surface area contributed by atoms with Crippen LogP contribution in [-0.4, -0.2) is 66.7 Å². The minimum Gasteiger partial charge on any atom is -0.309 e. The summed E-state index contributed by atoms with van der Waals surface area (Å²) < 4.78 is 0. The lowest BCUT2D eigenvalue weighted by Crippen LogP contribution is -2.58. The fourth-order valence-corrected chi connectivity index (χ4v) is 2.23. The van der Waals surface area contributed by atoms with Crippen molar-refractivity contribution < 1.29 is 9.59 Å². The maximum Gasteiger partial charge on any atom is 0.246 e. The van der Waals surface area contributed by atoms with Gasteiger partial charge in [-0.15, -0.1) is 0 Å². The van der Waals surface area contributed by atoms with Crippen LogP contribution in [0.25, 0.3) is 0 Å². The monoisotopic (exact) mass is 312 g/mol. The first-order valence-corrected chi connectivity index (χ1v) is 7.69. The van der Waals surface area contributed by atoms with Crippen LogP contribution in [0.1, 0.15) is 26.2 Å². The van der Waals surface area contributed by atoms with E-state index in [9.17, 15) is 9.59 Å². The lowest BCUT2D eigenvalue weighted by atomic mass is 10.1. The van der Waals surface area contributed by atoms with Crippen molar-refractivity contribution in [2.45, 2.75) is 26.2 Å². The van der Waals surface area contributed by atoms with Gasteiger partial charge in [0.15, 0.2) is 11.0 Å². The highest BCUT2D eigenvalue weighted by molar-refractivity contribution is 7.80. The Balaban J connectivity index is 2.58. The number of hydrogen-bond donors (Lipinski definition) is 1. The summed E-state index contributed by atoms with van der Waals surface area (Å²) in [5.74, 6) is -1.50. The SMILES string of the molecule is CCCCN1C(=O)[C@H](C=NCCCN(C)C)C(=O)NC1=S. The first-order valence-electron chi connectivity index (χ1n) is 7.28. The molecule has 1 atom stereocenters. The molecule has 1 saturated heterocycles. The van der Waals surface area contributed by atoms with Gasteiger partial charge < -0.3 is 10.2 Å². The molecule has 0 aromatic rings. The lowest BCUT2D eigenvalue weighted by molar-refractivity contribution is -0.137. The van der Waals surface area contributed by atoms with Crippen LogP contribution in [0, 0.1) is 5.92 Å². The van der Waals surface area contributed by atoms with E-state index in [1.165, 1.54) is 11.1 Å². The van der Waals surface area contributed by atoms with Crippen molar-refractivity contribution in [3.8, 4) is 0 Å². The Morgan fingerprint density at radius 3 is 2.71 bits per heavy atom. The largest absolute Gasteiger partial charge is 0.309 e. The van der Waals surface area contributed by atoms with Crippen LogP contribution in [0.5, 0.6) is 0 Å². The van der Waals surface area contributed by atoms with Crippen molar-refractivity contribution in [2.24, 2.45) is 10.9 Å². The molecule has 1 rings (SSSR count). The molecule has 0 saturated carbocycles. The maximum atomic E-state index is 12.3. The molecule has 118 valence electrons.